The lowest BCUT2D eigenvalue weighted by molar-refractivity contribution is 0.0696. The largest absolute Gasteiger partial charge is 0.478 e. The zero-order chi connectivity index (χ0) is 17.0. The van der Waals surface area contributed by atoms with E-state index in [1.54, 1.807) is 30.3 Å². The number of hydrogen-bond donors (Lipinski definition) is 3. The first-order valence-corrected chi connectivity index (χ1v) is 8.08. The van der Waals surface area contributed by atoms with E-state index < -0.39 is 22.0 Å². The van der Waals surface area contributed by atoms with Gasteiger partial charge < -0.3 is 10.2 Å². The highest BCUT2D eigenvalue weighted by Gasteiger charge is 2.16. The smallest absolute Gasteiger partial charge is 0.335 e. The van der Waals surface area contributed by atoms with E-state index in [0.29, 0.717) is 5.56 Å². The standard InChI is InChI=1S/C15H13NO6S/c17-14(18)11-6-12(15(19)20)8-13(7-11)16-23(21,22)9-10-4-2-1-3-5-10/h1-8,16H,9H2,(H,17,18)(H,19,20). The van der Waals surface area contributed by atoms with Gasteiger partial charge in [-0.3, -0.25) is 4.72 Å². The molecule has 7 nitrogen and oxygen atoms in total. The highest BCUT2D eigenvalue weighted by atomic mass is 32.2. The number of nitrogens with one attached hydrogen (secondary N) is 1. The first kappa shape index (κ1) is 16.5. The molecule has 0 spiro atoms. The molecule has 0 heterocycles. The van der Waals surface area contributed by atoms with Gasteiger partial charge in [-0.05, 0) is 23.8 Å². The van der Waals surface area contributed by atoms with Crippen molar-refractivity contribution in [3.63, 3.8) is 0 Å². The van der Waals surface area contributed by atoms with Gasteiger partial charge >= 0.3 is 11.9 Å². The fraction of sp³-hybridized carbons (Fsp3) is 0.0667. The maximum absolute atomic E-state index is 12.1. The van der Waals surface area contributed by atoms with Crippen LogP contribution in [0.2, 0.25) is 0 Å². The van der Waals surface area contributed by atoms with Gasteiger partial charge in [-0.2, -0.15) is 0 Å². The summed E-state index contributed by atoms with van der Waals surface area (Å²) >= 11 is 0. The van der Waals surface area contributed by atoms with Gasteiger partial charge in [-0.1, -0.05) is 30.3 Å². The van der Waals surface area contributed by atoms with Gasteiger partial charge in [0.15, 0.2) is 0 Å². The van der Waals surface area contributed by atoms with Gasteiger partial charge in [-0.15, -0.1) is 0 Å². The van der Waals surface area contributed by atoms with E-state index in [2.05, 4.69) is 4.72 Å². The summed E-state index contributed by atoms with van der Waals surface area (Å²) in [5.74, 6) is -3.01. The molecular formula is C15H13NO6S. The number of hydrogen-bond acceptors (Lipinski definition) is 4. The van der Waals surface area contributed by atoms with Crippen molar-refractivity contribution in [3.05, 3.63) is 65.2 Å². The summed E-state index contributed by atoms with van der Waals surface area (Å²) in [6.07, 6.45) is 0. The topological polar surface area (TPSA) is 121 Å². The van der Waals surface area contributed by atoms with Crippen molar-refractivity contribution in [2.75, 3.05) is 4.72 Å². The SMILES string of the molecule is O=C(O)c1cc(NS(=O)(=O)Cc2ccccc2)cc(C(=O)O)c1. The molecular weight excluding hydrogens is 322 g/mol. The first-order chi connectivity index (χ1) is 10.8. The minimum absolute atomic E-state index is 0.113. The molecule has 0 aromatic heterocycles. The second-order valence-corrected chi connectivity index (χ2v) is 6.48. The van der Waals surface area contributed by atoms with E-state index in [1.165, 1.54) is 0 Å². The summed E-state index contributed by atoms with van der Waals surface area (Å²) < 4.78 is 26.5. The third kappa shape index (κ3) is 4.55. The Labute approximate surface area is 132 Å². The lowest BCUT2D eigenvalue weighted by Crippen LogP contribution is -2.16. The lowest BCUT2D eigenvalue weighted by Gasteiger charge is -2.10. The Bertz CT molecular complexity index is 813. The predicted octanol–water partition coefficient (Wildman–Crippen LogP) is 2.02. The van der Waals surface area contributed by atoms with Crippen LogP contribution in [0.5, 0.6) is 0 Å². The first-order valence-electron chi connectivity index (χ1n) is 6.43. The molecule has 0 atom stereocenters. The number of aromatic carboxylic acids is 2. The van der Waals surface area contributed by atoms with Crippen LogP contribution in [-0.4, -0.2) is 30.6 Å². The van der Waals surface area contributed by atoms with E-state index in [1.807, 2.05) is 0 Å². The van der Waals surface area contributed by atoms with Gasteiger partial charge in [0, 0.05) is 0 Å². The second kappa shape index (κ2) is 6.49. The molecule has 0 saturated carbocycles. The Balaban J connectivity index is 2.31. The van der Waals surface area contributed by atoms with Gasteiger partial charge in [0.05, 0.1) is 22.6 Å². The van der Waals surface area contributed by atoms with Crippen molar-refractivity contribution in [3.8, 4) is 0 Å². The zero-order valence-electron chi connectivity index (χ0n) is 11.8. The Kier molecular flexibility index (Phi) is 4.65. The molecule has 0 unspecified atom stereocenters. The number of carboxylic acid groups (broad SMARTS) is 2. The molecule has 0 fully saturated rings. The van der Waals surface area contributed by atoms with Crippen LogP contribution < -0.4 is 4.72 Å². The summed E-state index contributed by atoms with van der Waals surface area (Å²) in [5.41, 5.74) is -0.198. The average Bonchev–Trinajstić information content (AvgIpc) is 2.46. The minimum Gasteiger partial charge on any atom is -0.478 e. The van der Waals surface area contributed by atoms with Crippen LogP contribution in [0, 0.1) is 0 Å². The van der Waals surface area contributed by atoms with Crippen molar-refractivity contribution < 1.29 is 28.2 Å². The summed E-state index contributed by atoms with van der Waals surface area (Å²) in [5, 5.41) is 18.0. The highest BCUT2D eigenvalue weighted by molar-refractivity contribution is 7.91. The fourth-order valence-corrected chi connectivity index (χ4v) is 3.12. The van der Waals surface area contributed by atoms with Gasteiger partial charge in [0.1, 0.15) is 0 Å². The second-order valence-electron chi connectivity index (χ2n) is 4.76. The molecule has 2 rings (SSSR count). The van der Waals surface area contributed by atoms with Crippen LogP contribution in [0.3, 0.4) is 0 Å². The molecule has 23 heavy (non-hydrogen) atoms. The predicted molar refractivity (Wildman–Crippen MR) is 83.0 cm³/mol. The number of rotatable bonds is 6. The monoisotopic (exact) mass is 335 g/mol. The molecule has 0 aliphatic carbocycles. The molecule has 3 N–H and O–H groups in total. The van der Waals surface area contributed by atoms with Crippen LogP contribution in [0.1, 0.15) is 26.3 Å². The summed E-state index contributed by atoms with van der Waals surface area (Å²) in [6, 6.07) is 11.5. The fourth-order valence-electron chi connectivity index (χ4n) is 1.94. The highest BCUT2D eigenvalue weighted by Crippen LogP contribution is 2.18. The number of benzene rings is 2. The lowest BCUT2D eigenvalue weighted by atomic mass is 10.1. The Hall–Kier alpha value is -2.87. The van der Waals surface area contributed by atoms with Crippen LogP contribution >= 0.6 is 0 Å². The van der Waals surface area contributed by atoms with E-state index in [-0.39, 0.29) is 22.6 Å². The van der Waals surface area contributed by atoms with E-state index in [4.69, 9.17) is 10.2 Å². The molecule has 0 amide bonds. The molecule has 120 valence electrons. The number of carbonyl (C=O) groups is 2. The zero-order valence-corrected chi connectivity index (χ0v) is 12.6. The van der Waals surface area contributed by atoms with Gasteiger partial charge in [0.2, 0.25) is 10.0 Å². The maximum Gasteiger partial charge on any atom is 0.335 e. The van der Waals surface area contributed by atoms with Gasteiger partial charge in [0.25, 0.3) is 0 Å². The van der Waals surface area contributed by atoms with Crippen LogP contribution in [0.25, 0.3) is 0 Å². The molecule has 0 bridgehead atoms. The molecule has 8 heteroatoms. The molecule has 0 saturated heterocycles. The number of carboxylic acids is 2. The normalized spacial score (nSPS) is 11.0. The van der Waals surface area contributed by atoms with E-state index in [9.17, 15) is 18.0 Å². The van der Waals surface area contributed by atoms with Crippen molar-refractivity contribution in [2.45, 2.75) is 5.75 Å². The molecule has 0 aliphatic rings. The molecule has 2 aromatic rings. The van der Waals surface area contributed by atoms with Crippen molar-refractivity contribution in [2.24, 2.45) is 0 Å². The van der Waals surface area contributed by atoms with Crippen molar-refractivity contribution in [1.29, 1.82) is 0 Å². The average molecular weight is 335 g/mol. The van der Waals surface area contributed by atoms with E-state index >= 15 is 0 Å². The Morgan fingerprint density at radius 1 is 0.913 bits per heavy atom. The summed E-state index contributed by atoms with van der Waals surface area (Å²) in [6.45, 7) is 0. The minimum atomic E-state index is -3.81. The number of anilines is 1. The van der Waals surface area contributed by atoms with Crippen LogP contribution in [-0.2, 0) is 15.8 Å². The van der Waals surface area contributed by atoms with Crippen LogP contribution in [0.4, 0.5) is 5.69 Å². The molecule has 2 aromatic carbocycles. The Morgan fingerprint density at radius 3 is 1.91 bits per heavy atom. The summed E-state index contributed by atoms with van der Waals surface area (Å²) in [7, 11) is -3.81. The van der Waals surface area contributed by atoms with Gasteiger partial charge in [-0.25, -0.2) is 18.0 Å². The van der Waals surface area contributed by atoms with Crippen LogP contribution in [0.15, 0.2) is 48.5 Å². The molecule has 0 aliphatic heterocycles. The Morgan fingerprint density at radius 2 is 1.43 bits per heavy atom. The maximum atomic E-state index is 12.1. The third-order valence-corrected chi connectivity index (χ3v) is 4.16. The summed E-state index contributed by atoms with van der Waals surface area (Å²) in [4.78, 5) is 22.0. The quantitative estimate of drug-likeness (QED) is 0.742. The molecule has 0 radical (unpaired) electrons. The number of sulfonamides is 1. The third-order valence-electron chi connectivity index (χ3n) is 2.90. The van der Waals surface area contributed by atoms with E-state index in [0.717, 1.165) is 18.2 Å². The van der Waals surface area contributed by atoms with Crippen molar-refractivity contribution in [1.82, 2.24) is 0 Å². The van der Waals surface area contributed by atoms with Crippen molar-refractivity contribution >= 4 is 27.6 Å².